The summed E-state index contributed by atoms with van der Waals surface area (Å²) in [5.74, 6) is 0.271. The quantitative estimate of drug-likeness (QED) is 0.657. The number of carbonyl (C=O) groups excluding carboxylic acids is 2. The Kier molecular flexibility index (Phi) is 5.23. The standard InChI is InChI=1S/C18H16N4O4/c1-25-17(24)12-4-2-5-14(8-12)22-16(23)13-9-19-18(20-10-13)21-11-15-6-3-7-26-15/h2-10H,11H2,1H3,(H,22,23)(H,19,20,21). The van der Waals surface area contributed by atoms with Gasteiger partial charge in [-0.2, -0.15) is 0 Å². The molecule has 0 spiro atoms. The molecule has 0 unspecified atom stereocenters. The highest BCUT2D eigenvalue weighted by Crippen LogP contribution is 2.13. The van der Waals surface area contributed by atoms with Crippen LogP contribution in [0.2, 0.25) is 0 Å². The van der Waals surface area contributed by atoms with E-state index < -0.39 is 5.97 Å². The van der Waals surface area contributed by atoms with Gasteiger partial charge in [-0.25, -0.2) is 14.8 Å². The van der Waals surface area contributed by atoms with Crippen molar-refractivity contribution >= 4 is 23.5 Å². The van der Waals surface area contributed by atoms with E-state index in [0.29, 0.717) is 23.7 Å². The molecule has 0 atom stereocenters. The SMILES string of the molecule is COC(=O)c1cccc(NC(=O)c2cnc(NCc3ccco3)nc2)c1. The molecule has 2 N–H and O–H groups in total. The number of rotatable bonds is 6. The van der Waals surface area contributed by atoms with Crippen LogP contribution in [0.3, 0.4) is 0 Å². The highest BCUT2D eigenvalue weighted by atomic mass is 16.5. The van der Waals surface area contributed by atoms with Gasteiger partial charge in [0.05, 0.1) is 31.0 Å². The van der Waals surface area contributed by atoms with Crippen LogP contribution in [0.15, 0.2) is 59.5 Å². The lowest BCUT2D eigenvalue weighted by Crippen LogP contribution is -2.14. The van der Waals surface area contributed by atoms with Gasteiger partial charge in [-0.3, -0.25) is 4.79 Å². The molecule has 0 aliphatic carbocycles. The van der Waals surface area contributed by atoms with Crippen molar-refractivity contribution < 1.29 is 18.7 Å². The predicted octanol–water partition coefficient (Wildman–Crippen LogP) is 2.72. The number of amides is 1. The largest absolute Gasteiger partial charge is 0.467 e. The lowest BCUT2D eigenvalue weighted by molar-refractivity contribution is 0.0600. The van der Waals surface area contributed by atoms with Crippen LogP contribution >= 0.6 is 0 Å². The van der Waals surface area contributed by atoms with Crippen molar-refractivity contribution in [2.45, 2.75) is 6.54 Å². The zero-order chi connectivity index (χ0) is 18.4. The molecule has 0 bridgehead atoms. The van der Waals surface area contributed by atoms with Crippen molar-refractivity contribution in [3.63, 3.8) is 0 Å². The lowest BCUT2D eigenvalue weighted by Gasteiger charge is -2.07. The van der Waals surface area contributed by atoms with E-state index >= 15 is 0 Å². The van der Waals surface area contributed by atoms with Gasteiger partial charge in [0, 0.05) is 18.1 Å². The Balaban J connectivity index is 1.62. The zero-order valence-electron chi connectivity index (χ0n) is 13.9. The maximum Gasteiger partial charge on any atom is 0.337 e. The third-order valence-corrected chi connectivity index (χ3v) is 3.46. The predicted molar refractivity (Wildman–Crippen MR) is 93.8 cm³/mol. The molecular formula is C18H16N4O4. The third-order valence-electron chi connectivity index (χ3n) is 3.46. The first-order chi connectivity index (χ1) is 12.7. The number of aromatic nitrogens is 2. The summed E-state index contributed by atoms with van der Waals surface area (Å²) in [5, 5.41) is 5.68. The number of furan rings is 1. The van der Waals surface area contributed by atoms with Crippen molar-refractivity contribution in [2.24, 2.45) is 0 Å². The Bertz CT molecular complexity index is 892. The third kappa shape index (κ3) is 4.23. The molecule has 0 fully saturated rings. The molecule has 132 valence electrons. The van der Waals surface area contributed by atoms with Gasteiger partial charge in [0.15, 0.2) is 0 Å². The van der Waals surface area contributed by atoms with Crippen molar-refractivity contribution in [2.75, 3.05) is 17.7 Å². The fraction of sp³-hybridized carbons (Fsp3) is 0.111. The first-order valence-electron chi connectivity index (χ1n) is 7.74. The summed E-state index contributed by atoms with van der Waals surface area (Å²) in [4.78, 5) is 32.0. The minimum atomic E-state index is -0.476. The van der Waals surface area contributed by atoms with Crippen LogP contribution in [-0.2, 0) is 11.3 Å². The second kappa shape index (κ2) is 7.93. The Hall–Kier alpha value is -3.68. The second-order valence-corrected chi connectivity index (χ2v) is 5.25. The Morgan fingerprint density at radius 2 is 1.92 bits per heavy atom. The van der Waals surface area contributed by atoms with E-state index in [1.54, 1.807) is 30.5 Å². The van der Waals surface area contributed by atoms with Crippen molar-refractivity contribution in [3.05, 3.63) is 71.9 Å². The molecule has 8 heteroatoms. The molecule has 3 rings (SSSR count). The van der Waals surface area contributed by atoms with Crippen molar-refractivity contribution in [1.29, 1.82) is 0 Å². The second-order valence-electron chi connectivity index (χ2n) is 5.25. The number of hydrogen-bond donors (Lipinski definition) is 2. The van der Waals surface area contributed by atoms with Gasteiger partial charge in [0.2, 0.25) is 5.95 Å². The molecule has 3 aromatic rings. The number of esters is 1. The topological polar surface area (TPSA) is 106 Å². The number of ether oxygens (including phenoxy) is 1. The van der Waals surface area contributed by atoms with Gasteiger partial charge in [0.25, 0.3) is 5.91 Å². The van der Waals surface area contributed by atoms with E-state index in [0.717, 1.165) is 5.76 Å². The van der Waals surface area contributed by atoms with Crippen LogP contribution in [-0.4, -0.2) is 29.0 Å². The van der Waals surface area contributed by atoms with Gasteiger partial charge in [0.1, 0.15) is 5.76 Å². The van der Waals surface area contributed by atoms with Crippen LogP contribution < -0.4 is 10.6 Å². The highest BCUT2D eigenvalue weighted by Gasteiger charge is 2.10. The molecule has 0 aliphatic rings. The van der Waals surface area contributed by atoms with Crippen LogP contribution in [0.5, 0.6) is 0 Å². The number of hydrogen-bond acceptors (Lipinski definition) is 7. The number of nitrogens with one attached hydrogen (secondary N) is 2. The van der Waals surface area contributed by atoms with Crippen molar-refractivity contribution in [1.82, 2.24) is 9.97 Å². The van der Waals surface area contributed by atoms with Gasteiger partial charge < -0.3 is 19.8 Å². The summed E-state index contributed by atoms with van der Waals surface area (Å²) in [6.07, 6.45) is 4.41. The minimum Gasteiger partial charge on any atom is -0.467 e. The highest BCUT2D eigenvalue weighted by molar-refractivity contribution is 6.04. The number of anilines is 2. The molecular weight excluding hydrogens is 336 g/mol. The number of nitrogens with zero attached hydrogens (tertiary/aromatic N) is 2. The van der Waals surface area contributed by atoms with Gasteiger partial charge in [-0.05, 0) is 30.3 Å². The summed E-state index contributed by atoms with van der Waals surface area (Å²) >= 11 is 0. The van der Waals surface area contributed by atoms with Crippen molar-refractivity contribution in [3.8, 4) is 0 Å². The zero-order valence-corrected chi connectivity index (χ0v) is 13.9. The number of carbonyl (C=O) groups is 2. The molecule has 26 heavy (non-hydrogen) atoms. The summed E-state index contributed by atoms with van der Waals surface area (Å²) in [7, 11) is 1.30. The van der Waals surface area contributed by atoms with Crippen LogP contribution in [0.25, 0.3) is 0 Å². The molecule has 1 amide bonds. The fourth-order valence-corrected chi connectivity index (χ4v) is 2.16. The molecule has 8 nitrogen and oxygen atoms in total. The maximum atomic E-state index is 12.3. The first-order valence-corrected chi connectivity index (χ1v) is 7.74. The van der Waals surface area contributed by atoms with Crippen LogP contribution in [0.4, 0.5) is 11.6 Å². The molecule has 2 heterocycles. The van der Waals surface area contributed by atoms with E-state index in [9.17, 15) is 9.59 Å². The van der Waals surface area contributed by atoms with E-state index in [2.05, 4.69) is 25.3 Å². The van der Waals surface area contributed by atoms with E-state index in [1.807, 2.05) is 6.07 Å². The Morgan fingerprint density at radius 1 is 1.12 bits per heavy atom. The summed E-state index contributed by atoms with van der Waals surface area (Å²) in [6.45, 7) is 0.443. The fourth-order valence-electron chi connectivity index (χ4n) is 2.16. The molecule has 0 aliphatic heterocycles. The normalized spacial score (nSPS) is 10.2. The average Bonchev–Trinajstić information content (AvgIpc) is 3.20. The summed E-state index contributed by atoms with van der Waals surface area (Å²) in [5.41, 5.74) is 1.11. The smallest absolute Gasteiger partial charge is 0.337 e. The van der Waals surface area contributed by atoms with Crippen LogP contribution in [0, 0.1) is 0 Å². The first kappa shape index (κ1) is 17.2. The molecule has 0 saturated carbocycles. The molecule has 0 saturated heterocycles. The molecule has 0 radical (unpaired) electrons. The minimum absolute atomic E-state index is 0.289. The Labute approximate surface area is 149 Å². The summed E-state index contributed by atoms with van der Waals surface area (Å²) in [6, 6.07) is 10.1. The monoisotopic (exact) mass is 352 g/mol. The van der Waals surface area contributed by atoms with E-state index in [4.69, 9.17) is 4.42 Å². The molecule has 1 aromatic carbocycles. The number of methoxy groups -OCH3 is 1. The summed E-state index contributed by atoms with van der Waals surface area (Å²) < 4.78 is 9.86. The average molecular weight is 352 g/mol. The Morgan fingerprint density at radius 3 is 2.62 bits per heavy atom. The lowest BCUT2D eigenvalue weighted by atomic mass is 10.2. The van der Waals surface area contributed by atoms with E-state index in [1.165, 1.54) is 25.6 Å². The van der Waals surface area contributed by atoms with E-state index in [-0.39, 0.29) is 11.5 Å². The van der Waals surface area contributed by atoms with Gasteiger partial charge in [-0.15, -0.1) is 0 Å². The van der Waals surface area contributed by atoms with Gasteiger partial charge in [-0.1, -0.05) is 6.07 Å². The maximum absolute atomic E-state index is 12.3. The van der Waals surface area contributed by atoms with Crippen LogP contribution in [0.1, 0.15) is 26.5 Å². The number of benzene rings is 1. The van der Waals surface area contributed by atoms with Gasteiger partial charge >= 0.3 is 5.97 Å². The molecule has 2 aromatic heterocycles.